The van der Waals surface area contributed by atoms with Crippen LogP contribution >= 0.6 is 0 Å². The third-order valence-corrected chi connectivity index (χ3v) is 9.89. The van der Waals surface area contributed by atoms with Crippen molar-refractivity contribution in [2.45, 2.75) is 5.41 Å². The van der Waals surface area contributed by atoms with Gasteiger partial charge in [-0.05, 0) is 46.5 Å². The zero-order valence-electron chi connectivity index (χ0n) is 26.9. The summed E-state index contributed by atoms with van der Waals surface area (Å²) in [7, 11) is 0. The highest BCUT2D eigenvalue weighted by Gasteiger charge is 2.51. The van der Waals surface area contributed by atoms with Gasteiger partial charge in [0.25, 0.3) is 0 Å². The van der Waals surface area contributed by atoms with Crippen LogP contribution < -0.4 is 4.74 Å². The van der Waals surface area contributed by atoms with Crippen LogP contribution in [-0.2, 0) is 5.41 Å². The van der Waals surface area contributed by atoms with E-state index in [1.54, 1.807) is 0 Å². The fraction of sp³-hybridized carbons (Fsp3) is 0.0222. The van der Waals surface area contributed by atoms with Crippen LogP contribution in [0.3, 0.4) is 0 Å². The summed E-state index contributed by atoms with van der Waals surface area (Å²) in [5.74, 6) is 3.30. The second-order valence-electron chi connectivity index (χ2n) is 12.6. The SMILES string of the molecule is c1ccc(-c2nc(-c3ccc(-c4ccccn4)cc3)nc(-c3cccc4c3Oc3ccccc3C43c4ccccc4-c4ccccc43)n2)cc1. The molecule has 0 N–H and O–H groups in total. The second kappa shape index (κ2) is 11.2. The van der Waals surface area contributed by atoms with Crippen LogP contribution in [0.15, 0.2) is 170 Å². The maximum atomic E-state index is 6.93. The van der Waals surface area contributed by atoms with Crippen molar-refractivity contribution in [2.75, 3.05) is 0 Å². The van der Waals surface area contributed by atoms with E-state index in [1.165, 1.54) is 22.3 Å². The third kappa shape index (κ3) is 4.20. The van der Waals surface area contributed by atoms with Crippen LogP contribution in [0, 0.1) is 0 Å². The van der Waals surface area contributed by atoms with Gasteiger partial charge in [0.2, 0.25) is 0 Å². The summed E-state index contributed by atoms with van der Waals surface area (Å²) in [5.41, 5.74) is 11.1. The zero-order chi connectivity index (χ0) is 33.1. The lowest BCUT2D eigenvalue weighted by Gasteiger charge is -2.39. The highest BCUT2D eigenvalue weighted by atomic mass is 16.5. The van der Waals surface area contributed by atoms with Crippen LogP contribution in [0.1, 0.15) is 22.3 Å². The molecular weight excluding hydrogens is 613 g/mol. The first-order valence-corrected chi connectivity index (χ1v) is 16.7. The van der Waals surface area contributed by atoms with Crippen molar-refractivity contribution in [2.24, 2.45) is 0 Å². The Labute approximate surface area is 289 Å². The summed E-state index contributed by atoms with van der Waals surface area (Å²) in [5, 5.41) is 0. The van der Waals surface area contributed by atoms with Gasteiger partial charge in [-0.3, -0.25) is 4.98 Å². The number of nitrogens with zero attached hydrogens (tertiary/aromatic N) is 4. The van der Waals surface area contributed by atoms with E-state index in [-0.39, 0.29) is 0 Å². The monoisotopic (exact) mass is 640 g/mol. The van der Waals surface area contributed by atoms with Crippen molar-refractivity contribution in [3.8, 4) is 68.0 Å². The average molecular weight is 641 g/mol. The van der Waals surface area contributed by atoms with Crippen LogP contribution in [0.5, 0.6) is 11.5 Å². The molecule has 10 rings (SSSR count). The van der Waals surface area contributed by atoms with E-state index in [9.17, 15) is 0 Å². The van der Waals surface area contributed by atoms with E-state index in [0.717, 1.165) is 50.6 Å². The van der Waals surface area contributed by atoms with Crippen molar-refractivity contribution in [1.82, 2.24) is 19.9 Å². The lowest BCUT2D eigenvalue weighted by atomic mass is 9.66. The van der Waals surface area contributed by atoms with Crippen molar-refractivity contribution in [3.05, 3.63) is 192 Å². The zero-order valence-corrected chi connectivity index (χ0v) is 26.9. The van der Waals surface area contributed by atoms with E-state index >= 15 is 0 Å². The standard InChI is InChI=1S/C45H28N4O/c1-2-13-30(14-3-1)42-47-43(31-26-24-29(25-27-31)39-22-10-11-28-46-39)49-44(48-42)34-17-12-21-38-41(34)50-40-23-9-8-20-37(40)45(38)35-18-6-4-15-32(35)33-16-5-7-19-36(33)45/h1-28H. The number of benzene rings is 6. The Hall–Kier alpha value is -6.72. The number of pyridine rings is 1. The normalized spacial score (nSPS) is 13.1. The van der Waals surface area contributed by atoms with Gasteiger partial charge in [-0.25, -0.2) is 15.0 Å². The summed E-state index contributed by atoms with van der Waals surface area (Å²) >= 11 is 0. The van der Waals surface area contributed by atoms with Gasteiger partial charge in [0.1, 0.15) is 11.5 Å². The number of hydrogen-bond acceptors (Lipinski definition) is 5. The molecule has 0 amide bonds. The Morgan fingerprint density at radius 3 is 1.62 bits per heavy atom. The van der Waals surface area contributed by atoms with Gasteiger partial charge in [0.05, 0.1) is 16.7 Å². The second-order valence-corrected chi connectivity index (χ2v) is 12.6. The van der Waals surface area contributed by atoms with Crippen LogP contribution in [0.25, 0.3) is 56.5 Å². The van der Waals surface area contributed by atoms with Crippen molar-refractivity contribution >= 4 is 0 Å². The molecule has 2 aliphatic rings. The van der Waals surface area contributed by atoms with Crippen LogP contribution in [0.4, 0.5) is 0 Å². The van der Waals surface area contributed by atoms with Gasteiger partial charge >= 0.3 is 0 Å². The number of aromatic nitrogens is 4. The van der Waals surface area contributed by atoms with Gasteiger partial charge in [0.15, 0.2) is 17.5 Å². The molecule has 234 valence electrons. The molecule has 0 saturated heterocycles. The van der Waals surface area contributed by atoms with Gasteiger partial charge in [-0.15, -0.1) is 0 Å². The Morgan fingerprint density at radius 2 is 0.920 bits per heavy atom. The van der Waals surface area contributed by atoms with Gasteiger partial charge < -0.3 is 4.74 Å². The van der Waals surface area contributed by atoms with E-state index < -0.39 is 5.41 Å². The van der Waals surface area contributed by atoms with Gasteiger partial charge in [0, 0.05) is 34.0 Å². The molecule has 0 unspecified atom stereocenters. The number of fused-ring (bicyclic) bond motifs is 9. The van der Waals surface area contributed by atoms with Crippen LogP contribution in [0.2, 0.25) is 0 Å². The first-order valence-electron chi connectivity index (χ1n) is 16.7. The largest absolute Gasteiger partial charge is 0.456 e. The molecule has 1 aliphatic carbocycles. The Kier molecular flexibility index (Phi) is 6.33. The summed E-state index contributed by atoms with van der Waals surface area (Å²) in [6, 6.07) is 56.5. The molecule has 1 aliphatic heterocycles. The molecular formula is C45H28N4O. The number of hydrogen-bond donors (Lipinski definition) is 0. The average Bonchev–Trinajstić information content (AvgIpc) is 3.49. The summed E-state index contributed by atoms with van der Waals surface area (Å²) in [6.07, 6.45) is 1.81. The lowest BCUT2D eigenvalue weighted by molar-refractivity contribution is 0.437. The predicted octanol–water partition coefficient (Wildman–Crippen LogP) is 10.4. The minimum absolute atomic E-state index is 0.550. The molecule has 0 bridgehead atoms. The minimum atomic E-state index is -0.577. The lowest BCUT2D eigenvalue weighted by Crippen LogP contribution is -2.32. The van der Waals surface area contributed by atoms with E-state index in [0.29, 0.717) is 17.5 Å². The van der Waals surface area contributed by atoms with Crippen molar-refractivity contribution in [3.63, 3.8) is 0 Å². The molecule has 0 fully saturated rings. The molecule has 2 aromatic heterocycles. The highest BCUT2D eigenvalue weighted by molar-refractivity contribution is 5.90. The summed E-state index contributed by atoms with van der Waals surface area (Å²) < 4.78 is 6.93. The molecule has 5 heteroatoms. The van der Waals surface area contributed by atoms with Crippen molar-refractivity contribution in [1.29, 1.82) is 0 Å². The van der Waals surface area contributed by atoms with Gasteiger partial charge in [-0.2, -0.15) is 0 Å². The number of para-hydroxylation sites is 2. The minimum Gasteiger partial charge on any atom is -0.456 e. The van der Waals surface area contributed by atoms with Crippen molar-refractivity contribution < 1.29 is 4.74 Å². The summed E-state index contributed by atoms with van der Waals surface area (Å²) in [6.45, 7) is 0. The molecule has 50 heavy (non-hydrogen) atoms. The fourth-order valence-corrected chi connectivity index (χ4v) is 7.72. The Balaban J connectivity index is 1.21. The molecule has 0 radical (unpaired) electrons. The first-order chi connectivity index (χ1) is 24.8. The van der Waals surface area contributed by atoms with E-state index in [1.807, 2.05) is 72.9 Å². The smallest absolute Gasteiger partial charge is 0.167 e. The maximum Gasteiger partial charge on any atom is 0.167 e. The Morgan fingerprint density at radius 1 is 0.380 bits per heavy atom. The quantitative estimate of drug-likeness (QED) is 0.192. The number of ether oxygens (including phenoxy) is 1. The highest BCUT2D eigenvalue weighted by Crippen LogP contribution is 2.63. The molecule has 0 atom stereocenters. The van der Waals surface area contributed by atoms with Crippen LogP contribution in [-0.4, -0.2) is 19.9 Å². The van der Waals surface area contributed by atoms with Gasteiger partial charge in [-0.1, -0.05) is 140 Å². The molecule has 6 aromatic carbocycles. The fourth-order valence-electron chi connectivity index (χ4n) is 7.72. The maximum absolute atomic E-state index is 6.93. The number of rotatable bonds is 4. The first kappa shape index (κ1) is 28.3. The molecule has 1 spiro atoms. The molecule has 5 nitrogen and oxygen atoms in total. The molecule has 3 heterocycles. The molecule has 8 aromatic rings. The van der Waals surface area contributed by atoms with E-state index in [2.05, 4.69) is 102 Å². The predicted molar refractivity (Wildman–Crippen MR) is 197 cm³/mol. The summed E-state index contributed by atoms with van der Waals surface area (Å²) in [4.78, 5) is 19.8. The molecule has 0 saturated carbocycles. The Bertz CT molecular complexity index is 2520. The van der Waals surface area contributed by atoms with E-state index in [4.69, 9.17) is 19.7 Å². The third-order valence-electron chi connectivity index (χ3n) is 9.89. The topological polar surface area (TPSA) is 60.8 Å².